The van der Waals surface area contributed by atoms with E-state index in [0.29, 0.717) is 5.69 Å². The van der Waals surface area contributed by atoms with Crippen molar-refractivity contribution in [1.29, 1.82) is 0 Å². The van der Waals surface area contributed by atoms with Gasteiger partial charge in [0.1, 0.15) is 5.76 Å². The average molecular weight is 253 g/mol. The Labute approximate surface area is 103 Å². The monoisotopic (exact) mass is 253 g/mol. The quantitative estimate of drug-likeness (QED) is 0.851. The molecule has 0 atom stereocenters. The molecule has 0 saturated heterocycles. The molecule has 0 amide bonds. The van der Waals surface area contributed by atoms with Crippen LogP contribution in [0.25, 0.3) is 0 Å². The summed E-state index contributed by atoms with van der Waals surface area (Å²) in [6.45, 7) is 1.86. The molecule has 2 aromatic rings. The summed E-state index contributed by atoms with van der Waals surface area (Å²) in [5, 5.41) is 0. The third kappa shape index (κ3) is 2.39. The lowest BCUT2D eigenvalue weighted by molar-refractivity contribution is 0.385. The molecule has 2 rings (SSSR count). The fourth-order valence-corrected chi connectivity index (χ4v) is 2.29. The van der Waals surface area contributed by atoms with Gasteiger partial charge < -0.3 is 14.9 Å². The Hall–Kier alpha value is -1.62. The van der Waals surface area contributed by atoms with Crippen molar-refractivity contribution in [1.82, 2.24) is 0 Å². The molecule has 0 spiro atoms. The van der Waals surface area contributed by atoms with Crippen LogP contribution in [0.3, 0.4) is 0 Å². The van der Waals surface area contributed by atoms with Gasteiger partial charge in [-0.3, -0.25) is 0 Å². The van der Waals surface area contributed by atoms with Crippen molar-refractivity contribution in [3.63, 3.8) is 0 Å². The second kappa shape index (κ2) is 4.71. The summed E-state index contributed by atoms with van der Waals surface area (Å²) in [6, 6.07) is 4.69. The van der Waals surface area contributed by atoms with Gasteiger partial charge in [0.05, 0.1) is 18.3 Å². The summed E-state index contributed by atoms with van der Waals surface area (Å²) in [5.41, 5.74) is 6.15. The van der Waals surface area contributed by atoms with Crippen LogP contribution in [0.15, 0.2) is 38.7 Å². The van der Waals surface area contributed by atoms with Crippen molar-refractivity contribution in [3.8, 4) is 5.75 Å². The molecule has 3 nitrogen and oxygen atoms in total. The zero-order chi connectivity index (χ0) is 12.4. The van der Waals surface area contributed by atoms with Crippen LogP contribution < -0.4 is 10.5 Å². The van der Waals surface area contributed by atoms with Gasteiger partial charge in [0.15, 0.2) is 11.6 Å². The minimum absolute atomic E-state index is 0.183. The molecule has 0 aliphatic heterocycles. The third-order valence-corrected chi connectivity index (χ3v) is 3.53. The van der Waals surface area contributed by atoms with E-state index in [1.54, 1.807) is 12.3 Å². The number of halogens is 1. The number of nitrogen functional groups attached to an aromatic ring is 1. The summed E-state index contributed by atoms with van der Waals surface area (Å²) < 4.78 is 23.5. The largest absolute Gasteiger partial charge is 0.494 e. The topological polar surface area (TPSA) is 48.4 Å². The Bertz CT molecular complexity index is 539. The third-order valence-electron chi connectivity index (χ3n) is 2.32. The minimum atomic E-state index is -0.460. The van der Waals surface area contributed by atoms with Crippen molar-refractivity contribution in [2.75, 3.05) is 12.8 Å². The molecule has 90 valence electrons. The number of rotatable bonds is 3. The maximum absolute atomic E-state index is 13.4. The summed E-state index contributed by atoms with van der Waals surface area (Å²) >= 11 is 1.42. The number of anilines is 1. The highest BCUT2D eigenvalue weighted by Gasteiger charge is 2.11. The first kappa shape index (κ1) is 11.9. The number of nitrogens with two attached hydrogens (primary N) is 1. The lowest BCUT2D eigenvalue weighted by Crippen LogP contribution is -1.94. The van der Waals surface area contributed by atoms with Gasteiger partial charge in [-0.2, -0.15) is 0 Å². The fourth-order valence-electron chi connectivity index (χ4n) is 1.39. The van der Waals surface area contributed by atoms with E-state index in [2.05, 4.69) is 0 Å². The number of hydrogen-bond acceptors (Lipinski definition) is 4. The van der Waals surface area contributed by atoms with Crippen LogP contribution in [0.5, 0.6) is 5.75 Å². The molecule has 0 unspecified atom stereocenters. The highest BCUT2D eigenvalue weighted by atomic mass is 32.2. The first-order valence-corrected chi connectivity index (χ1v) is 5.78. The summed E-state index contributed by atoms with van der Waals surface area (Å²) in [6.07, 6.45) is 1.61. The number of aryl methyl sites for hydroxylation is 1. The molecule has 1 heterocycles. The van der Waals surface area contributed by atoms with Gasteiger partial charge >= 0.3 is 0 Å². The number of hydrogen-bond donors (Lipinski definition) is 1. The van der Waals surface area contributed by atoms with E-state index in [4.69, 9.17) is 14.9 Å². The molecule has 0 bridgehead atoms. The van der Waals surface area contributed by atoms with E-state index in [0.717, 1.165) is 15.6 Å². The maximum atomic E-state index is 13.4. The molecule has 1 aromatic heterocycles. The summed E-state index contributed by atoms with van der Waals surface area (Å²) in [5.74, 6) is 0.527. The molecular formula is C12H12FNO2S. The highest BCUT2D eigenvalue weighted by Crippen LogP contribution is 2.37. The van der Waals surface area contributed by atoms with Crippen molar-refractivity contribution < 1.29 is 13.5 Å². The zero-order valence-corrected chi connectivity index (χ0v) is 10.3. The van der Waals surface area contributed by atoms with Gasteiger partial charge in [-0.25, -0.2) is 4.39 Å². The molecule has 17 heavy (non-hydrogen) atoms. The van der Waals surface area contributed by atoms with Crippen LogP contribution >= 0.6 is 11.8 Å². The first-order chi connectivity index (χ1) is 8.11. The summed E-state index contributed by atoms with van der Waals surface area (Å²) in [7, 11) is 1.42. The van der Waals surface area contributed by atoms with Crippen molar-refractivity contribution in [3.05, 3.63) is 36.0 Å². The van der Waals surface area contributed by atoms with Gasteiger partial charge in [0.2, 0.25) is 0 Å². The Morgan fingerprint density at radius 3 is 2.71 bits per heavy atom. The van der Waals surface area contributed by atoms with Gasteiger partial charge in [-0.05, 0) is 19.1 Å². The van der Waals surface area contributed by atoms with Gasteiger partial charge in [0.25, 0.3) is 0 Å². The number of ether oxygens (including phenoxy) is 1. The molecular weight excluding hydrogens is 241 g/mol. The molecule has 5 heteroatoms. The normalized spacial score (nSPS) is 10.5. The number of benzene rings is 1. The van der Waals surface area contributed by atoms with Crippen LogP contribution in [0.2, 0.25) is 0 Å². The zero-order valence-electron chi connectivity index (χ0n) is 9.49. The Morgan fingerprint density at radius 1 is 1.35 bits per heavy atom. The molecule has 0 radical (unpaired) electrons. The second-order valence-electron chi connectivity index (χ2n) is 3.47. The van der Waals surface area contributed by atoms with E-state index >= 15 is 0 Å². The van der Waals surface area contributed by atoms with Crippen molar-refractivity contribution in [2.45, 2.75) is 16.7 Å². The SMILES string of the molecule is COc1cc(Sc2ccoc2C)c(N)cc1F. The van der Waals surface area contributed by atoms with Gasteiger partial charge in [-0.15, -0.1) is 0 Å². The lowest BCUT2D eigenvalue weighted by atomic mass is 10.3. The molecule has 0 fully saturated rings. The van der Waals surface area contributed by atoms with E-state index in [1.807, 2.05) is 13.0 Å². The Kier molecular flexibility index (Phi) is 3.28. The van der Waals surface area contributed by atoms with E-state index in [-0.39, 0.29) is 5.75 Å². The van der Waals surface area contributed by atoms with E-state index in [9.17, 15) is 4.39 Å². The maximum Gasteiger partial charge on any atom is 0.167 e. The van der Waals surface area contributed by atoms with Gasteiger partial charge in [-0.1, -0.05) is 11.8 Å². The predicted molar refractivity (Wildman–Crippen MR) is 64.9 cm³/mol. The highest BCUT2D eigenvalue weighted by molar-refractivity contribution is 7.99. The second-order valence-corrected chi connectivity index (χ2v) is 4.55. The average Bonchev–Trinajstić information content (AvgIpc) is 2.68. The number of furan rings is 1. The number of methoxy groups -OCH3 is 1. The molecule has 1 aromatic carbocycles. The van der Waals surface area contributed by atoms with E-state index in [1.165, 1.54) is 24.9 Å². The Balaban J connectivity index is 2.36. The van der Waals surface area contributed by atoms with Crippen LogP contribution in [0, 0.1) is 12.7 Å². The van der Waals surface area contributed by atoms with Crippen LogP contribution in [0.1, 0.15) is 5.76 Å². The standard InChI is InChI=1S/C12H12FNO2S/c1-7-11(3-4-16-7)17-12-6-10(15-2)8(13)5-9(12)14/h3-6H,14H2,1-2H3. The lowest BCUT2D eigenvalue weighted by Gasteiger charge is -2.08. The van der Waals surface area contributed by atoms with Crippen LogP contribution in [-0.4, -0.2) is 7.11 Å². The predicted octanol–water partition coefficient (Wildman–Crippen LogP) is 3.47. The van der Waals surface area contributed by atoms with Gasteiger partial charge in [0, 0.05) is 16.6 Å². The van der Waals surface area contributed by atoms with E-state index < -0.39 is 5.82 Å². The molecule has 0 saturated carbocycles. The van der Waals surface area contributed by atoms with Crippen LogP contribution in [0.4, 0.5) is 10.1 Å². The molecule has 0 aliphatic rings. The first-order valence-electron chi connectivity index (χ1n) is 4.96. The fraction of sp³-hybridized carbons (Fsp3) is 0.167. The smallest absolute Gasteiger partial charge is 0.167 e. The van der Waals surface area contributed by atoms with Crippen molar-refractivity contribution in [2.24, 2.45) is 0 Å². The minimum Gasteiger partial charge on any atom is -0.494 e. The Morgan fingerprint density at radius 2 is 2.12 bits per heavy atom. The van der Waals surface area contributed by atoms with Crippen molar-refractivity contribution >= 4 is 17.4 Å². The molecule has 0 aliphatic carbocycles. The van der Waals surface area contributed by atoms with Crippen LogP contribution in [-0.2, 0) is 0 Å². The molecule has 2 N–H and O–H groups in total. The summed E-state index contributed by atoms with van der Waals surface area (Å²) in [4.78, 5) is 1.69.